The fourth-order valence-electron chi connectivity index (χ4n) is 1.12. The third-order valence-corrected chi connectivity index (χ3v) is 1.95. The van der Waals surface area contributed by atoms with E-state index in [0.717, 1.165) is 0 Å². The minimum absolute atomic E-state index is 0. The Bertz CT molecular complexity index is 318. The summed E-state index contributed by atoms with van der Waals surface area (Å²) >= 11 is 0. The molecular formula is C6H15ClKNO9S. The Morgan fingerprint density at radius 2 is 1.47 bits per heavy atom. The minimum atomic E-state index is -4.67. The molecule has 1 saturated heterocycles. The normalized spacial score (nSPS) is 34.2. The summed E-state index contributed by atoms with van der Waals surface area (Å²) in [5.74, 6) is 0. The van der Waals surface area contributed by atoms with E-state index >= 15 is 0 Å². The summed E-state index contributed by atoms with van der Waals surface area (Å²) in [5, 5.41) is 36.1. The maximum Gasteiger partial charge on any atom is 1.00 e. The number of aliphatic hydroxyl groups is 4. The van der Waals surface area contributed by atoms with Crippen LogP contribution in [-0.2, 0) is 15.1 Å². The molecule has 112 valence electrons. The predicted molar refractivity (Wildman–Crippen MR) is 52.1 cm³/mol. The van der Waals surface area contributed by atoms with Gasteiger partial charge in [0.1, 0.15) is 18.3 Å². The van der Waals surface area contributed by atoms with Gasteiger partial charge in [0.15, 0.2) is 6.29 Å². The Kier molecular flexibility index (Phi) is 15.0. The molecule has 0 spiro atoms. The molecule has 1 aliphatic rings. The van der Waals surface area contributed by atoms with Gasteiger partial charge in [0, 0.05) is 0 Å². The summed E-state index contributed by atoms with van der Waals surface area (Å²) in [5.41, 5.74) is 5.26. The summed E-state index contributed by atoms with van der Waals surface area (Å²) in [4.78, 5) is 0. The molecule has 2 unspecified atom stereocenters. The molecule has 1 aliphatic heterocycles. The van der Waals surface area contributed by atoms with Crippen LogP contribution in [0.25, 0.3) is 0 Å². The van der Waals surface area contributed by atoms with Crippen LogP contribution in [0.1, 0.15) is 0 Å². The van der Waals surface area contributed by atoms with Crippen LogP contribution in [0.2, 0.25) is 0 Å². The summed E-state index contributed by atoms with van der Waals surface area (Å²) in [7, 11) is -4.67. The molecule has 1 fully saturated rings. The van der Waals surface area contributed by atoms with E-state index in [4.69, 9.17) is 38.2 Å². The SMILES string of the molecule is NC1[C@@H](O)OC(CO)[C@@H](O)[C@H]1O.O=S(=O)(O)O.[Cl-].[K+]. The second kappa shape index (κ2) is 11.2. The second-order valence-electron chi connectivity index (χ2n) is 3.25. The summed E-state index contributed by atoms with van der Waals surface area (Å²) in [6.45, 7) is -0.470. The van der Waals surface area contributed by atoms with Gasteiger partial charge in [0.25, 0.3) is 0 Å². The molecule has 10 nitrogen and oxygen atoms in total. The standard InChI is InChI=1S/C6H13NO5.ClH.K.H2O4S/c7-3-5(10)4(9)2(1-8)12-6(3)11;;;1-5(2,3)4/h2-6,8-11H,1,7H2;1H;;(H2,1,2,3,4)/q;;+1;/p-1/t2?,3?,4-,5+,6+;;;/m1.../s1. The van der Waals surface area contributed by atoms with E-state index in [1.165, 1.54) is 0 Å². The van der Waals surface area contributed by atoms with Crippen molar-refractivity contribution in [3.63, 3.8) is 0 Å². The monoisotopic (exact) mass is 351 g/mol. The average Bonchev–Trinajstić information content (AvgIpc) is 2.18. The van der Waals surface area contributed by atoms with Crippen molar-refractivity contribution in [1.29, 1.82) is 0 Å². The minimum Gasteiger partial charge on any atom is -1.00 e. The Labute approximate surface area is 158 Å². The van der Waals surface area contributed by atoms with E-state index in [2.05, 4.69) is 0 Å². The van der Waals surface area contributed by atoms with Gasteiger partial charge in [-0.2, -0.15) is 8.42 Å². The van der Waals surface area contributed by atoms with E-state index < -0.39 is 47.6 Å². The maximum absolute atomic E-state index is 9.20. The maximum atomic E-state index is 9.20. The Hall–Kier alpha value is 1.56. The van der Waals surface area contributed by atoms with E-state index in [1.807, 2.05) is 0 Å². The number of rotatable bonds is 1. The second-order valence-corrected chi connectivity index (χ2v) is 4.15. The van der Waals surface area contributed by atoms with Gasteiger partial charge in [-0.1, -0.05) is 0 Å². The molecule has 5 atom stereocenters. The topological polar surface area (TPSA) is 191 Å². The van der Waals surface area contributed by atoms with Crippen molar-refractivity contribution in [2.75, 3.05) is 6.61 Å². The zero-order chi connectivity index (χ0) is 13.8. The molecule has 0 radical (unpaired) electrons. The van der Waals surface area contributed by atoms with Crippen LogP contribution in [0.4, 0.5) is 0 Å². The smallest absolute Gasteiger partial charge is 1.00 e. The van der Waals surface area contributed by atoms with Gasteiger partial charge in [-0.25, -0.2) is 0 Å². The van der Waals surface area contributed by atoms with Gasteiger partial charge >= 0.3 is 61.8 Å². The third-order valence-electron chi connectivity index (χ3n) is 1.95. The molecule has 0 amide bonds. The van der Waals surface area contributed by atoms with Gasteiger partial charge in [0.05, 0.1) is 12.6 Å². The molecule has 0 aromatic rings. The summed E-state index contributed by atoms with van der Waals surface area (Å²) < 4.78 is 36.3. The number of nitrogens with two attached hydrogens (primary N) is 1. The van der Waals surface area contributed by atoms with E-state index in [0.29, 0.717) is 0 Å². The first-order chi connectivity index (χ1) is 7.57. The Balaban J connectivity index is -0.000000320. The van der Waals surface area contributed by atoms with Gasteiger partial charge in [-0.15, -0.1) is 0 Å². The first-order valence-corrected chi connectivity index (χ1v) is 5.73. The molecule has 13 heteroatoms. The van der Waals surface area contributed by atoms with Gasteiger partial charge in [0.2, 0.25) is 0 Å². The molecule has 1 heterocycles. The van der Waals surface area contributed by atoms with Crippen molar-refractivity contribution >= 4 is 10.4 Å². The van der Waals surface area contributed by atoms with E-state index in [1.54, 1.807) is 0 Å². The summed E-state index contributed by atoms with van der Waals surface area (Å²) in [6, 6.07) is -1.04. The van der Waals surface area contributed by atoms with Crippen LogP contribution >= 0.6 is 0 Å². The fraction of sp³-hybridized carbons (Fsp3) is 1.00. The first-order valence-electron chi connectivity index (χ1n) is 4.34. The van der Waals surface area contributed by atoms with Gasteiger partial charge in [-0.05, 0) is 0 Å². The van der Waals surface area contributed by atoms with Crippen molar-refractivity contribution < 1.29 is 106 Å². The zero-order valence-corrected chi connectivity index (χ0v) is 14.6. The van der Waals surface area contributed by atoms with Crippen molar-refractivity contribution in [3.05, 3.63) is 0 Å². The quantitative estimate of drug-likeness (QED) is 0.176. The van der Waals surface area contributed by atoms with Crippen LogP contribution in [0.15, 0.2) is 0 Å². The van der Waals surface area contributed by atoms with Gasteiger partial charge < -0.3 is 43.3 Å². The van der Waals surface area contributed by atoms with Crippen molar-refractivity contribution in [1.82, 2.24) is 0 Å². The van der Waals surface area contributed by atoms with Crippen LogP contribution in [0.3, 0.4) is 0 Å². The molecule has 0 bridgehead atoms. The van der Waals surface area contributed by atoms with Crippen molar-refractivity contribution in [3.8, 4) is 0 Å². The molecule has 0 aliphatic carbocycles. The number of hydrogen-bond acceptors (Lipinski definition) is 8. The molecule has 1 rings (SSSR count). The van der Waals surface area contributed by atoms with Crippen LogP contribution in [0.5, 0.6) is 0 Å². The third kappa shape index (κ3) is 10.9. The van der Waals surface area contributed by atoms with Crippen LogP contribution in [-0.4, -0.2) is 75.2 Å². The molecule has 0 aromatic carbocycles. The van der Waals surface area contributed by atoms with Crippen LogP contribution in [0, 0.1) is 0 Å². The molecular weight excluding hydrogens is 337 g/mol. The zero-order valence-electron chi connectivity index (χ0n) is 9.87. The first kappa shape index (κ1) is 25.5. The number of halogens is 1. The largest absolute Gasteiger partial charge is 1.00 e. The molecule has 8 N–H and O–H groups in total. The molecule has 19 heavy (non-hydrogen) atoms. The number of ether oxygens (including phenoxy) is 1. The molecule has 0 saturated carbocycles. The Morgan fingerprint density at radius 1 is 1.11 bits per heavy atom. The van der Waals surface area contributed by atoms with E-state index in [-0.39, 0.29) is 63.8 Å². The predicted octanol–water partition coefficient (Wildman–Crippen LogP) is -9.90. The number of aliphatic hydroxyl groups excluding tert-OH is 4. The number of hydrogen-bond donors (Lipinski definition) is 7. The average molecular weight is 352 g/mol. The Morgan fingerprint density at radius 3 is 1.79 bits per heavy atom. The molecule has 0 aromatic heterocycles. The van der Waals surface area contributed by atoms with E-state index in [9.17, 15) is 10.2 Å². The summed E-state index contributed by atoms with van der Waals surface area (Å²) in [6.07, 6.45) is -4.85. The van der Waals surface area contributed by atoms with Crippen LogP contribution < -0.4 is 69.5 Å². The van der Waals surface area contributed by atoms with Crippen molar-refractivity contribution in [2.24, 2.45) is 5.73 Å². The van der Waals surface area contributed by atoms with Gasteiger partial charge in [-0.3, -0.25) is 9.11 Å². The fourth-order valence-corrected chi connectivity index (χ4v) is 1.12. The van der Waals surface area contributed by atoms with Crippen molar-refractivity contribution in [2.45, 2.75) is 30.6 Å².